The van der Waals surface area contributed by atoms with Crippen LogP contribution in [0.4, 0.5) is 4.39 Å². The maximum absolute atomic E-state index is 12.8. The minimum atomic E-state index is -0.234. The normalized spacial score (nSPS) is 11.0. The number of hydrogen-bond donors (Lipinski definition) is 2. The van der Waals surface area contributed by atoms with Crippen molar-refractivity contribution in [1.82, 2.24) is 14.9 Å². The molecule has 0 fully saturated rings. The second-order valence-corrected chi connectivity index (χ2v) is 6.28. The van der Waals surface area contributed by atoms with Gasteiger partial charge in [-0.25, -0.2) is 9.18 Å². The monoisotopic (exact) mass is 355 g/mol. The number of aromatic nitrogens is 2. The molecule has 1 aromatic heterocycles. The van der Waals surface area contributed by atoms with Gasteiger partial charge in [-0.1, -0.05) is 24.3 Å². The van der Waals surface area contributed by atoms with Crippen molar-refractivity contribution in [3.05, 3.63) is 70.4 Å². The molecule has 0 saturated heterocycles. The van der Waals surface area contributed by atoms with E-state index in [1.165, 1.54) is 12.1 Å². The molecule has 0 saturated carbocycles. The van der Waals surface area contributed by atoms with E-state index in [0.29, 0.717) is 19.5 Å². The summed E-state index contributed by atoms with van der Waals surface area (Å²) in [7, 11) is 0. The summed E-state index contributed by atoms with van der Waals surface area (Å²) in [4.78, 5) is 26.7. The average molecular weight is 355 g/mol. The molecule has 1 amide bonds. The van der Waals surface area contributed by atoms with Gasteiger partial charge in [0.1, 0.15) is 5.82 Å². The summed E-state index contributed by atoms with van der Waals surface area (Å²) in [5, 5.41) is 2.86. The molecule has 1 heterocycles. The number of hydrogen-bond acceptors (Lipinski definition) is 2. The third-order valence-electron chi connectivity index (χ3n) is 4.37. The Hall–Kier alpha value is -2.89. The smallest absolute Gasteiger partial charge is 0.326 e. The van der Waals surface area contributed by atoms with Crippen LogP contribution >= 0.6 is 0 Å². The number of fused-ring (bicyclic) bond motifs is 1. The second-order valence-electron chi connectivity index (χ2n) is 6.28. The lowest BCUT2D eigenvalue weighted by atomic mass is 10.1. The van der Waals surface area contributed by atoms with Gasteiger partial charge in [0, 0.05) is 19.5 Å². The largest absolute Gasteiger partial charge is 0.354 e. The number of halogens is 1. The van der Waals surface area contributed by atoms with Crippen LogP contribution in [0.2, 0.25) is 0 Å². The van der Waals surface area contributed by atoms with E-state index in [1.54, 1.807) is 16.7 Å². The van der Waals surface area contributed by atoms with Crippen molar-refractivity contribution in [2.24, 2.45) is 0 Å². The first-order valence-corrected chi connectivity index (χ1v) is 8.82. The third-order valence-corrected chi connectivity index (χ3v) is 4.37. The van der Waals surface area contributed by atoms with Crippen LogP contribution in [0.5, 0.6) is 0 Å². The number of carbonyl (C=O) groups excluding carboxylic acids is 1. The second kappa shape index (κ2) is 8.47. The number of rotatable bonds is 8. The summed E-state index contributed by atoms with van der Waals surface area (Å²) in [5.41, 5.74) is 2.54. The number of aromatic amines is 1. The van der Waals surface area contributed by atoms with E-state index in [9.17, 15) is 14.0 Å². The van der Waals surface area contributed by atoms with E-state index in [1.807, 2.05) is 24.3 Å². The Balaban J connectivity index is 1.38. The van der Waals surface area contributed by atoms with E-state index < -0.39 is 0 Å². The Morgan fingerprint density at radius 2 is 1.85 bits per heavy atom. The number of H-pyrrole nitrogens is 1. The number of unbranched alkanes of at least 4 members (excludes halogenated alkanes) is 1. The van der Waals surface area contributed by atoms with Gasteiger partial charge in [0.2, 0.25) is 5.91 Å². The average Bonchev–Trinajstić information content (AvgIpc) is 2.96. The lowest BCUT2D eigenvalue weighted by molar-refractivity contribution is -0.121. The number of nitrogens with one attached hydrogen (secondary N) is 2. The van der Waals surface area contributed by atoms with Gasteiger partial charge in [-0.3, -0.25) is 9.36 Å². The highest BCUT2D eigenvalue weighted by Gasteiger charge is 2.06. The fraction of sp³-hybridized carbons (Fsp3) is 0.300. The van der Waals surface area contributed by atoms with Gasteiger partial charge in [-0.05, 0) is 49.1 Å². The number of imidazole rings is 1. The summed E-state index contributed by atoms with van der Waals surface area (Å²) in [6.45, 7) is 0.850. The molecule has 0 aliphatic rings. The van der Waals surface area contributed by atoms with E-state index in [4.69, 9.17) is 0 Å². The molecule has 6 heteroatoms. The Morgan fingerprint density at radius 3 is 2.65 bits per heavy atom. The lowest BCUT2D eigenvalue weighted by Crippen LogP contribution is -2.29. The van der Waals surface area contributed by atoms with E-state index >= 15 is 0 Å². The predicted molar refractivity (Wildman–Crippen MR) is 99.5 cm³/mol. The minimum Gasteiger partial charge on any atom is -0.354 e. The van der Waals surface area contributed by atoms with E-state index in [2.05, 4.69) is 10.3 Å². The van der Waals surface area contributed by atoms with Crippen molar-refractivity contribution >= 4 is 16.9 Å². The van der Waals surface area contributed by atoms with Gasteiger partial charge in [0.25, 0.3) is 0 Å². The van der Waals surface area contributed by atoms with Gasteiger partial charge in [0.15, 0.2) is 0 Å². The Morgan fingerprint density at radius 1 is 1.08 bits per heavy atom. The Kier molecular flexibility index (Phi) is 5.84. The molecule has 5 nitrogen and oxygen atoms in total. The lowest BCUT2D eigenvalue weighted by Gasteiger charge is -2.07. The standard InChI is InChI=1S/C20H22FN3O2/c21-16-11-9-15(10-12-16)5-1-4-8-19(25)22-13-14-24-18-7-3-2-6-17(18)23-20(24)26/h2-3,6-7,9-12H,1,4-5,8,13-14H2,(H,22,25)(H,23,26). The van der Waals surface area contributed by atoms with Crippen molar-refractivity contribution < 1.29 is 9.18 Å². The van der Waals surface area contributed by atoms with E-state index in [-0.39, 0.29) is 17.4 Å². The van der Waals surface area contributed by atoms with Crippen LogP contribution in [-0.4, -0.2) is 22.0 Å². The number of carbonyl (C=O) groups is 1. The molecule has 0 aliphatic carbocycles. The number of amides is 1. The zero-order valence-electron chi connectivity index (χ0n) is 14.5. The summed E-state index contributed by atoms with van der Waals surface area (Å²) in [6.07, 6.45) is 2.93. The molecule has 0 aliphatic heterocycles. The Labute approximate surface area is 150 Å². The van der Waals surface area contributed by atoms with Crippen molar-refractivity contribution in [1.29, 1.82) is 0 Å². The predicted octanol–water partition coefficient (Wildman–Crippen LogP) is 3.00. The molecule has 0 atom stereocenters. The summed E-state index contributed by atoms with van der Waals surface area (Å²) in [5.74, 6) is -0.251. The molecule has 0 bridgehead atoms. The van der Waals surface area contributed by atoms with E-state index in [0.717, 1.165) is 35.9 Å². The molecule has 0 spiro atoms. The molecule has 0 unspecified atom stereocenters. The first-order chi connectivity index (χ1) is 12.6. The first kappa shape index (κ1) is 17.9. The molecular formula is C20H22FN3O2. The van der Waals surface area contributed by atoms with Crippen LogP contribution in [0.15, 0.2) is 53.3 Å². The number of aryl methyl sites for hydroxylation is 1. The van der Waals surface area contributed by atoms with Crippen molar-refractivity contribution in [3.8, 4) is 0 Å². The molecule has 136 valence electrons. The SMILES string of the molecule is O=C(CCCCc1ccc(F)cc1)NCCn1c(=O)[nH]c2ccccc21. The quantitative estimate of drug-likeness (QED) is 0.610. The van der Waals surface area contributed by atoms with Gasteiger partial charge in [0.05, 0.1) is 11.0 Å². The molecule has 3 aromatic rings. The molecule has 2 N–H and O–H groups in total. The maximum atomic E-state index is 12.8. The van der Waals surface area contributed by atoms with Crippen LogP contribution in [0.3, 0.4) is 0 Å². The number of para-hydroxylation sites is 2. The maximum Gasteiger partial charge on any atom is 0.326 e. The highest BCUT2D eigenvalue weighted by Crippen LogP contribution is 2.09. The summed E-state index contributed by atoms with van der Waals surface area (Å²) >= 11 is 0. The van der Waals surface area contributed by atoms with Crippen LogP contribution in [0.25, 0.3) is 11.0 Å². The Bertz CT molecular complexity index is 928. The van der Waals surface area contributed by atoms with Gasteiger partial charge in [-0.15, -0.1) is 0 Å². The van der Waals surface area contributed by atoms with Crippen LogP contribution in [0, 0.1) is 5.82 Å². The van der Waals surface area contributed by atoms with Gasteiger partial charge >= 0.3 is 5.69 Å². The highest BCUT2D eigenvalue weighted by atomic mass is 19.1. The summed E-state index contributed by atoms with van der Waals surface area (Å²) in [6, 6.07) is 13.9. The van der Waals surface area contributed by atoms with Crippen molar-refractivity contribution in [3.63, 3.8) is 0 Å². The minimum absolute atomic E-state index is 0.0167. The van der Waals surface area contributed by atoms with Gasteiger partial charge < -0.3 is 10.3 Å². The third kappa shape index (κ3) is 4.59. The zero-order valence-corrected chi connectivity index (χ0v) is 14.5. The number of nitrogens with zero attached hydrogens (tertiary/aromatic N) is 1. The molecule has 3 rings (SSSR count). The van der Waals surface area contributed by atoms with Gasteiger partial charge in [-0.2, -0.15) is 0 Å². The topological polar surface area (TPSA) is 66.9 Å². The fourth-order valence-corrected chi connectivity index (χ4v) is 2.99. The molecular weight excluding hydrogens is 333 g/mol. The zero-order chi connectivity index (χ0) is 18.4. The van der Waals surface area contributed by atoms with Crippen LogP contribution < -0.4 is 11.0 Å². The molecule has 0 radical (unpaired) electrons. The summed E-state index contributed by atoms with van der Waals surface area (Å²) < 4.78 is 14.5. The first-order valence-electron chi connectivity index (χ1n) is 8.82. The van der Waals surface area contributed by atoms with Crippen molar-refractivity contribution in [2.75, 3.05) is 6.54 Å². The van der Waals surface area contributed by atoms with Crippen LogP contribution in [-0.2, 0) is 17.8 Å². The van der Waals surface area contributed by atoms with Crippen LogP contribution in [0.1, 0.15) is 24.8 Å². The fourth-order valence-electron chi connectivity index (χ4n) is 2.99. The molecule has 2 aromatic carbocycles. The molecule has 26 heavy (non-hydrogen) atoms. The van der Waals surface area contributed by atoms with Crippen molar-refractivity contribution in [2.45, 2.75) is 32.2 Å². The number of benzene rings is 2. The highest BCUT2D eigenvalue weighted by molar-refractivity contribution is 5.76.